The maximum absolute atomic E-state index is 12.1. The minimum absolute atomic E-state index is 0.00476. The molecule has 28 heavy (non-hydrogen) atoms. The van der Waals surface area contributed by atoms with E-state index in [-0.39, 0.29) is 12.3 Å². The second kappa shape index (κ2) is 9.39. The lowest BCUT2D eigenvalue weighted by molar-refractivity contribution is -0.150. The van der Waals surface area contributed by atoms with Gasteiger partial charge in [0.1, 0.15) is 11.6 Å². The summed E-state index contributed by atoms with van der Waals surface area (Å²) in [6.07, 6.45) is 1.96. The number of esters is 2. The van der Waals surface area contributed by atoms with Gasteiger partial charge in [0.25, 0.3) is 5.91 Å². The number of ether oxygens (including phenoxy) is 2. The Morgan fingerprint density at radius 1 is 1.14 bits per heavy atom. The third-order valence-corrected chi connectivity index (χ3v) is 4.50. The van der Waals surface area contributed by atoms with Gasteiger partial charge in [-0.25, -0.2) is 4.79 Å². The van der Waals surface area contributed by atoms with Crippen LogP contribution in [0, 0.1) is 19.8 Å². The van der Waals surface area contributed by atoms with Crippen LogP contribution in [0.25, 0.3) is 11.0 Å². The average molecular weight is 389 g/mol. The van der Waals surface area contributed by atoms with E-state index >= 15 is 0 Å². The molecule has 0 fully saturated rings. The summed E-state index contributed by atoms with van der Waals surface area (Å²) in [6, 6.07) is 3.13. The second-order valence-corrected chi connectivity index (χ2v) is 7.30. The number of carbonyl (C=O) groups is 3. The molecule has 0 bridgehead atoms. The Balaban J connectivity index is 1.92. The van der Waals surface area contributed by atoms with Crippen LogP contribution in [0.4, 0.5) is 0 Å². The number of benzene rings is 1. The van der Waals surface area contributed by atoms with Crippen LogP contribution in [0.15, 0.2) is 22.8 Å². The molecule has 1 aromatic heterocycles. The summed E-state index contributed by atoms with van der Waals surface area (Å²) in [6.45, 7) is 7.38. The maximum Gasteiger partial charge on any atom is 0.328 e. The number of rotatable bonds is 8. The molecule has 0 saturated heterocycles. The van der Waals surface area contributed by atoms with Crippen LogP contribution in [0.2, 0.25) is 0 Å². The van der Waals surface area contributed by atoms with E-state index in [9.17, 15) is 14.4 Å². The van der Waals surface area contributed by atoms with E-state index in [0.717, 1.165) is 16.5 Å². The molecule has 0 aliphatic rings. The third-order valence-electron chi connectivity index (χ3n) is 4.50. The zero-order valence-electron chi connectivity index (χ0n) is 17.0. The van der Waals surface area contributed by atoms with Gasteiger partial charge < -0.3 is 19.2 Å². The number of methoxy groups -OCH3 is 1. The molecule has 0 unspecified atom stereocenters. The number of aryl methyl sites for hydroxylation is 2. The monoisotopic (exact) mass is 389 g/mol. The number of nitrogens with one attached hydrogen (secondary N) is 1. The van der Waals surface area contributed by atoms with Crippen LogP contribution < -0.4 is 5.32 Å². The van der Waals surface area contributed by atoms with Crippen molar-refractivity contribution in [2.45, 2.75) is 46.6 Å². The summed E-state index contributed by atoms with van der Waals surface area (Å²) in [5.41, 5.74) is 3.62. The summed E-state index contributed by atoms with van der Waals surface area (Å²) >= 11 is 0. The number of fused-ring (bicyclic) bond motifs is 1. The molecule has 1 amide bonds. The molecule has 1 atom stereocenters. The molecular weight excluding hydrogens is 362 g/mol. The molecule has 2 rings (SSSR count). The van der Waals surface area contributed by atoms with Gasteiger partial charge >= 0.3 is 11.9 Å². The first-order chi connectivity index (χ1) is 13.2. The van der Waals surface area contributed by atoms with Crippen LogP contribution >= 0.6 is 0 Å². The molecule has 1 N–H and O–H groups in total. The van der Waals surface area contributed by atoms with Crippen LogP contribution in [-0.2, 0) is 30.3 Å². The van der Waals surface area contributed by atoms with Gasteiger partial charge in [-0.15, -0.1) is 0 Å². The number of furan rings is 1. The Hall–Kier alpha value is -2.83. The predicted octanol–water partition coefficient (Wildman–Crippen LogP) is 2.84. The molecule has 0 aliphatic heterocycles. The first-order valence-corrected chi connectivity index (χ1v) is 9.21. The Kier molecular flexibility index (Phi) is 7.20. The van der Waals surface area contributed by atoms with Crippen molar-refractivity contribution in [2.75, 3.05) is 13.7 Å². The summed E-state index contributed by atoms with van der Waals surface area (Å²) in [7, 11) is 1.26. The van der Waals surface area contributed by atoms with Crippen LogP contribution in [-0.4, -0.2) is 37.6 Å². The summed E-state index contributed by atoms with van der Waals surface area (Å²) in [5.74, 6) is -1.43. The van der Waals surface area contributed by atoms with Gasteiger partial charge in [0.2, 0.25) is 0 Å². The quantitative estimate of drug-likeness (QED) is 0.698. The van der Waals surface area contributed by atoms with Crippen molar-refractivity contribution in [1.29, 1.82) is 0 Å². The fourth-order valence-corrected chi connectivity index (χ4v) is 2.89. The van der Waals surface area contributed by atoms with E-state index in [2.05, 4.69) is 5.32 Å². The Bertz CT molecular complexity index is 867. The molecule has 2 aromatic rings. The summed E-state index contributed by atoms with van der Waals surface area (Å²) < 4.78 is 15.3. The third kappa shape index (κ3) is 5.58. The van der Waals surface area contributed by atoms with Crippen LogP contribution in [0.5, 0.6) is 0 Å². The maximum atomic E-state index is 12.1. The second-order valence-electron chi connectivity index (χ2n) is 7.30. The van der Waals surface area contributed by atoms with Crippen molar-refractivity contribution in [3.63, 3.8) is 0 Å². The van der Waals surface area contributed by atoms with E-state index < -0.39 is 30.5 Å². The van der Waals surface area contributed by atoms with Gasteiger partial charge in [0.05, 0.1) is 19.8 Å². The van der Waals surface area contributed by atoms with Crippen LogP contribution in [0.3, 0.4) is 0 Å². The molecular formula is C21H27NO6. The Labute approximate surface area is 164 Å². The smallest absolute Gasteiger partial charge is 0.328 e. The number of carbonyl (C=O) groups excluding carboxylic acids is 3. The lowest BCUT2D eigenvalue weighted by atomic mass is 10.0. The first-order valence-electron chi connectivity index (χ1n) is 9.21. The van der Waals surface area contributed by atoms with Gasteiger partial charge in [-0.3, -0.25) is 9.59 Å². The highest BCUT2D eigenvalue weighted by Gasteiger charge is 2.23. The van der Waals surface area contributed by atoms with Crippen molar-refractivity contribution in [2.24, 2.45) is 5.92 Å². The molecule has 0 spiro atoms. The lowest BCUT2D eigenvalue weighted by Gasteiger charge is -2.18. The Morgan fingerprint density at radius 2 is 1.82 bits per heavy atom. The molecule has 7 heteroatoms. The van der Waals surface area contributed by atoms with E-state index in [1.54, 1.807) is 0 Å². The van der Waals surface area contributed by atoms with Crippen LogP contribution in [0.1, 0.15) is 37.0 Å². The van der Waals surface area contributed by atoms with Gasteiger partial charge in [0.15, 0.2) is 6.61 Å². The van der Waals surface area contributed by atoms with Crippen molar-refractivity contribution in [3.8, 4) is 0 Å². The molecule has 1 heterocycles. The van der Waals surface area contributed by atoms with Gasteiger partial charge in [-0.05, 0) is 49.4 Å². The molecule has 152 valence electrons. The van der Waals surface area contributed by atoms with Crippen molar-refractivity contribution in [3.05, 3.63) is 35.1 Å². The Morgan fingerprint density at radius 3 is 2.46 bits per heavy atom. The average Bonchev–Trinajstić information content (AvgIpc) is 3.00. The number of hydrogen-bond donors (Lipinski definition) is 1. The zero-order chi connectivity index (χ0) is 20.8. The standard InChI is InChI=1S/C21H27NO6/c1-12(2)6-17(21(25)26-5)22-19(23)11-28-20(24)9-15-10-27-18-8-14(4)13(3)7-16(15)18/h7-8,10,12,17H,6,9,11H2,1-5H3,(H,22,23)/t17-/m0/s1. The topological polar surface area (TPSA) is 94.8 Å². The van der Waals surface area contributed by atoms with Gasteiger partial charge in [-0.1, -0.05) is 13.8 Å². The molecule has 0 radical (unpaired) electrons. The zero-order valence-corrected chi connectivity index (χ0v) is 17.0. The van der Waals surface area contributed by atoms with Crippen molar-refractivity contribution < 1.29 is 28.3 Å². The van der Waals surface area contributed by atoms with Crippen molar-refractivity contribution in [1.82, 2.24) is 5.32 Å². The molecule has 0 aliphatic carbocycles. The largest absolute Gasteiger partial charge is 0.467 e. The van der Waals surface area contributed by atoms with E-state index in [0.29, 0.717) is 17.6 Å². The van der Waals surface area contributed by atoms with E-state index in [4.69, 9.17) is 13.9 Å². The highest BCUT2D eigenvalue weighted by molar-refractivity contribution is 5.89. The first kappa shape index (κ1) is 21.5. The minimum Gasteiger partial charge on any atom is -0.467 e. The molecule has 7 nitrogen and oxygen atoms in total. The fraction of sp³-hybridized carbons (Fsp3) is 0.476. The molecule has 0 saturated carbocycles. The SMILES string of the molecule is COC(=O)[C@H](CC(C)C)NC(=O)COC(=O)Cc1coc2cc(C)c(C)cc12. The summed E-state index contributed by atoms with van der Waals surface area (Å²) in [5, 5.41) is 3.40. The predicted molar refractivity (Wildman–Crippen MR) is 104 cm³/mol. The minimum atomic E-state index is -0.764. The number of amides is 1. The highest BCUT2D eigenvalue weighted by atomic mass is 16.5. The van der Waals surface area contributed by atoms with E-state index in [1.807, 2.05) is 39.8 Å². The van der Waals surface area contributed by atoms with Crippen molar-refractivity contribution >= 4 is 28.8 Å². The number of hydrogen-bond acceptors (Lipinski definition) is 6. The highest BCUT2D eigenvalue weighted by Crippen LogP contribution is 2.25. The lowest BCUT2D eigenvalue weighted by Crippen LogP contribution is -2.44. The fourth-order valence-electron chi connectivity index (χ4n) is 2.89. The van der Waals surface area contributed by atoms with E-state index in [1.165, 1.54) is 13.4 Å². The summed E-state index contributed by atoms with van der Waals surface area (Å²) in [4.78, 5) is 35.9. The molecule has 1 aromatic carbocycles. The van der Waals surface area contributed by atoms with Gasteiger partial charge in [-0.2, -0.15) is 0 Å². The van der Waals surface area contributed by atoms with Gasteiger partial charge in [0, 0.05) is 10.9 Å². The normalized spacial score (nSPS) is 12.1.